The van der Waals surface area contributed by atoms with Crippen molar-refractivity contribution in [1.29, 1.82) is 0 Å². The van der Waals surface area contributed by atoms with E-state index in [1.54, 1.807) is 18.2 Å². The lowest BCUT2D eigenvalue weighted by Gasteiger charge is -2.24. The van der Waals surface area contributed by atoms with Crippen LogP contribution in [0, 0.1) is 3.57 Å². The fraction of sp³-hybridized carbons (Fsp3) is 0.263. The molecule has 0 radical (unpaired) electrons. The fourth-order valence-electron chi connectivity index (χ4n) is 3.31. The largest absolute Gasteiger partial charge is 0.508 e. The molecule has 1 aliphatic rings. The minimum Gasteiger partial charge on any atom is -0.508 e. The van der Waals surface area contributed by atoms with Crippen LogP contribution in [0.2, 0.25) is 0 Å². The van der Waals surface area contributed by atoms with Crippen molar-refractivity contribution in [1.82, 2.24) is 4.90 Å². The van der Waals surface area contributed by atoms with Crippen LogP contribution in [0.15, 0.2) is 43.0 Å². The van der Waals surface area contributed by atoms with Crippen LogP contribution in [0.5, 0.6) is 17.2 Å². The Bertz CT molecular complexity index is 758. The number of hydrogen-bond donors (Lipinski definition) is 3. The summed E-state index contributed by atoms with van der Waals surface area (Å²) in [4.78, 5) is 2.31. The smallest absolute Gasteiger partial charge is 0.171 e. The maximum absolute atomic E-state index is 10.1. The number of fused-ring (bicyclic) bond motifs is 1. The van der Waals surface area contributed by atoms with E-state index in [1.807, 2.05) is 18.2 Å². The van der Waals surface area contributed by atoms with Gasteiger partial charge in [-0.25, -0.2) is 0 Å². The lowest BCUT2D eigenvalue weighted by Crippen LogP contribution is -2.28. The van der Waals surface area contributed by atoms with E-state index >= 15 is 0 Å². The minimum absolute atomic E-state index is 0.0454. The highest BCUT2D eigenvalue weighted by atomic mass is 127. The van der Waals surface area contributed by atoms with E-state index in [1.165, 1.54) is 0 Å². The molecule has 2 aromatic rings. The molecule has 1 unspecified atom stereocenters. The highest BCUT2D eigenvalue weighted by Crippen LogP contribution is 2.41. The summed E-state index contributed by atoms with van der Waals surface area (Å²) in [5, 5.41) is 29.8. The first-order valence-corrected chi connectivity index (χ1v) is 8.94. The predicted molar refractivity (Wildman–Crippen MR) is 103 cm³/mol. The van der Waals surface area contributed by atoms with E-state index in [9.17, 15) is 15.3 Å². The summed E-state index contributed by atoms with van der Waals surface area (Å²) in [7, 11) is 0. The highest BCUT2D eigenvalue weighted by molar-refractivity contribution is 14.1. The van der Waals surface area contributed by atoms with E-state index < -0.39 is 0 Å². The second-order valence-electron chi connectivity index (χ2n) is 6.07. The van der Waals surface area contributed by atoms with Crippen molar-refractivity contribution in [2.75, 3.05) is 19.6 Å². The Kier molecular flexibility index (Phi) is 5.01. The molecule has 0 saturated heterocycles. The van der Waals surface area contributed by atoms with Gasteiger partial charge in [-0.15, -0.1) is 6.58 Å². The second kappa shape index (κ2) is 7.03. The molecule has 126 valence electrons. The summed E-state index contributed by atoms with van der Waals surface area (Å²) < 4.78 is 0.715. The summed E-state index contributed by atoms with van der Waals surface area (Å²) in [5.41, 5.74) is 3.19. The average Bonchev–Trinajstić information content (AvgIpc) is 2.74. The Labute approximate surface area is 155 Å². The van der Waals surface area contributed by atoms with E-state index in [4.69, 9.17) is 0 Å². The first-order chi connectivity index (χ1) is 11.5. The lowest BCUT2D eigenvalue weighted by atomic mass is 9.87. The number of nitrogens with zero attached hydrogens (tertiary/aromatic N) is 1. The number of phenolic OH excluding ortho intramolecular Hbond substituents is 3. The minimum atomic E-state index is -0.0842. The molecule has 0 aromatic heterocycles. The quantitative estimate of drug-likeness (QED) is 0.390. The lowest BCUT2D eigenvalue weighted by molar-refractivity contribution is 0.306. The van der Waals surface area contributed by atoms with E-state index in [0.29, 0.717) is 3.57 Å². The molecule has 5 heteroatoms. The van der Waals surface area contributed by atoms with Crippen LogP contribution in [0.4, 0.5) is 0 Å². The zero-order valence-corrected chi connectivity index (χ0v) is 15.4. The molecule has 0 amide bonds. The summed E-state index contributed by atoms with van der Waals surface area (Å²) in [6, 6.07) is 8.88. The van der Waals surface area contributed by atoms with E-state index in [2.05, 4.69) is 34.1 Å². The van der Waals surface area contributed by atoms with Crippen LogP contribution in [-0.2, 0) is 6.42 Å². The van der Waals surface area contributed by atoms with Gasteiger partial charge in [0.1, 0.15) is 5.75 Å². The van der Waals surface area contributed by atoms with Crippen molar-refractivity contribution in [3.05, 3.63) is 63.2 Å². The van der Waals surface area contributed by atoms with E-state index in [0.717, 1.165) is 42.7 Å². The van der Waals surface area contributed by atoms with Gasteiger partial charge in [-0.1, -0.05) is 18.2 Å². The number of hydrogen-bond acceptors (Lipinski definition) is 4. The maximum Gasteiger partial charge on any atom is 0.171 e. The summed E-state index contributed by atoms with van der Waals surface area (Å²) in [5.74, 6) is 0.164. The Morgan fingerprint density at radius 1 is 1.21 bits per heavy atom. The van der Waals surface area contributed by atoms with Gasteiger partial charge in [-0.2, -0.15) is 0 Å². The zero-order chi connectivity index (χ0) is 17.3. The number of phenols is 3. The van der Waals surface area contributed by atoms with Gasteiger partial charge in [0, 0.05) is 25.6 Å². The number of aromatic hydroxyl groups is 3. The van der Waals surface area contributed by atoms with Gasteiger partial charge in [0.15, 0.2) is 11.5 Å². The van der Waals surface area contributed by atoms with Gasteiger partial charge in [0.05, 0.1) is 3.57 Å². The molecule has 3 N–H and O–H groups in total. The highest BCUT2D eigenvalue weighted by Gasteiger charge is 2.27. The summed E-state index contributed by atoms with van der Waals surface area (Å²) in [6.45, 7) is 6.29. The molecule has 2 aromatic carbocycles. The third kappa shape index (κ3) is 3.23. The van der Waals surface area contributed by atoms with Gasteiger partial charge in [0.25, 0.3) is 0 Å². The normalized spacial score (nSPS) is 18.0. The van der Waals surface area contributed by atoms with Crippen molar-refractivity contribution in [3.63, 3.8) is 0 Å². The van der Waals surface area contributed by atoms with Crippen LogP contribution in [0.25, 0.3) is 0 Å². The molecule has 1 atom stereocenters. The number of rotatable bonds is 3. The number of benzene rings is 2. The summed E-state index contributed by atoms with van der Waals surface area (Å²) >= 11 is 2.11. The summed E-state index contributed by atoms with van der Waals surface area (Å²) in [6.07, 6.45) is 2.70. The molecule has 0 saturated carbocycles. The SMILES string of the molecule is C=CCN1CCc2c(cc(O)c(O)c2I)C(c2ccc(O)cc2)C1. The molecule has 1 heterocycles. The third-order valence-corrected chi connectivity index (χ3v) is 5.70. The first-order valence-electron chi connectivity index (χ1n) is 7.86. The van der Waals surface area contributed by atoms with Crippen molar-refractivity contribution in [2.24, 2.45) is 0 Å². The van der Waals surface area contributed by atoms with Crippen LogP contribution < -0.4 is 0 Å². The fourth-order valence-corrected chi connectivity index (χ4v) is 4.16. The molecule has 1 aliphatic heterocycles. The monoisotopic (exact) mass is 437 g/mol. The molecule has 3 rings (SSSR count). The Morgan fingerprint density at radius 2 is 1.92 bits per heavy atom. The predicted octanol–water partition coefficient (Wildman–Crippen LogP) is 3.58. The van der Waals surface area contributed by atoms with Gasteiger partial charge < -0.3 is 15.3 Å². The standard InChI is InChI=1S/C19H20INO3/c1-2-8-21-9-7-14-15(10-17(23)19(24)18(14)20)16(11-21)12-3-5-13(22)6-4-12/h2-6,10,16,22-24H,1,7-9,11H2. The molecule has 0 spiro atoms. The van der Waals surface area contributed by atoms with Crippen LogP contribution in [0.3, 0.4) is 0 Å². The Hall–Kier alpha value is -1.73. The average molecular weight is 437 g/mol. The van der Waals surface area contributed by atoms with Crippen LogP contribution >= 0.6 is 22.6 Å². The van der Waals surface area contributed by atoms with Gasteiger partial charge >= 0.3 is 0 Å². The van der Waals surface area contributed by atoms with Crippen molar-refractivity contribution >= 4 is 22.6 Å². The zero-order valence-electron chi connectivity index (χ0n) is 13.2. The maximum atomic E-state index is 10.1. The van der Waals surface area contributed by atoms with Crippen molar-refractivity contribution in [2.45, 2.75) is 12.3 Å². The topological polar surface area (TPSA) is 63.9 Å². The van der Waals surface area contributed by atoms with E-state index in [-0.39, 0.29) is 23.2 Å². The molecule has 24 heavy (non-hydrogen) atoms. The van der Waals surface area contributed by atoms with Gasteiger partial charge in [0.2, 0.25) is 0 Å². The van der Waals surface area contributed by atoms with Crippen LogP contribution in [0.1, 0.15) is 22.6 Å². The third-order valence-electron chi connectivity index (χ3n) is 4.53. The second-order valence-corrected chi connectivity index (χ2v) is 7.15. The molecular weight excluding hydrogens is 417 g/mol. The van der Waals surface area contributed by atoms with Crippen molar-refractivity contribution < 1.29 is 15.3 Å². The van der Waals surface area contributed by atoms with Gasteiger partial charge in [-0.3, -0.25) is 4.90 Å². The molecule has 0 fully saturated rings. The molecular formula is C19H20INO3. The Balaban J connectivity index is 2.13. The number of halogens is 1. The Morgan fingerprint density at radius 3 is 2.58 bits per heavy atom. The van der Waals surface area contributed by atoms with Crippen LogP contribution in [-0.4, -0.2) is 39.9 Å². The molecule has 0 bridgehead atoms. The first kappa shape index (κ1) is 17.1. The van der Waals surface area contributed by atoms with Gasteiger partial charge in [-0.05, 0) is 63.9 Å². The molecule has 0 aliphatic carbocycles. The molecule has 4 nitrogen and oxygen atoms in total. The van der Waals surface area contributed by atoms with Crippen molar-refractivity contribution in [3.8, 4) is 17.2 Å².